The van der Waals surface area contributed by atoms with Crippen LogP contribution in [0.3, 0.4) is 0 Å². The van der Waals surface area contributed by atoms with Crippen LogP contribution in [0.25, 0.3) is 0 Å². The molecule has 3 aromatic rings. The number of hydrogen-bond donors (Lipinski definition) is 2. The third-order valence-corrected chi connectivity index (χ3v) is 7.29. The van der Waals surface area contributed by atoms with Crippen LogP contribution in [0.15, 0.2) is 83.8 Å². The van der Waals surface area contributed by atoms with E-state index in [1.54, 1.807) is 61.7 Å². The quantitative estimate of drug-likeness (QED) is 0.361. The summed E-state index contributed by atoms with van der Waals surface area (Å²) >= 11 is 0. The summed E-state index contributed by atoms with van der Waals surface area (Å²) in [5.74, 6) is -0.910. The van der Waals surface area contributed by atoms with Crippen molar-refractivity contribution in [2.45, 2.75) is 24.7 Å². The number of nitrogens with zero attached hydrogens (tertiary/aromatic N) is 1. The first kappa shape index (κ1) is 26.9. The van der Waals surface area contributed by atoms with Crippen molar-refractivity contribution in [1.82, 2.24) is 5.32 Å². The molecule has 3 aromatic carbocycles. The summed E-state index contributed by atoms with van der Waals surface area (Å²) in [5, 5.41) is 5.52. The second kappa shape index (κ2) is 12.9. The Labute approximate surface area is 212 Å². The van der Waals surface area contributed by atoms with E-state index in [0.29, 0.717) is 37.4 Å². The van der Waals surface area contributed by atoms with Gasteiger partial charge in [-0.05, 0) is 48.7 Å². The molecule has 3 rings (SSSR count). The van der Waals surface area contributed by atoms with Gasteiger partial charge in [-0.1, -0.05) is 55.5 Å². The van der Waals surface area contributed by atoms with E-state index in [0.717, 1.165) is 9.87 Å². The monoisotopic (exact) mass is 509 g/mol. The highest BCUT2D eigenvalue weighted by atomic mass is 32.2. The second-order valence-corrected chi connectivity index (χ2v) is 9.87. The number of rotatable bonds is 12. The van der Waals surface area contributed by atoms with Gasteiger partial charge >= 0.3 is 0 Å². The molecule has 0 spiro atoms. The Hall–Kier alpha value is -3.69. The molecule has 0 bridgehead atoms. The summed E-state index contributed by atoms with van der Waals surface area (Å²) in [5.41, 5.74) is 1.81. The van der Waals surface area contributed by atoms with Gasteiger partial charge in [-0.15, -0.1) is 0 Å². The number of carbonyl (C=O) groups is 2. The van der Waals surface area contributed by atoms with Crippen molar-refractivity contribution in [2.24, 2.45) is 0 Å². The molecular weight excluding hydrogens is 478 g/mol. The summed E-state index contributed by atoms with van der Waals surface area (Å²) in [6.07, 6.45) is 1.24. The molecule has 9 heteroatoms. The number of para-hydroxylation sites is 2. The molecule has 0 aromatic heterocycles. The van der Waals surface area contributed by atoms with Gasteiger partial charge in [0.1, 0.15) is 6.54 Å². The molecule has 0 aliphatic carbocycles. The number of anilines is 2. The van der Waals surface area contributed by atoms with Gasteiger partial charge in [-0.25, -0.2) is 8.42 Å². The molecule has 8 nitrogen and oxygen atoms in total. The predicted molar refractivity (Wildman–Crippen MR) is 141 cm³/mol. The summed E-state index contributed by atoms with van der Waals surface area (Å²) in [7, 11) is -2.45. The molecule has 0 aliphatic rings. The molecule has 2 N–H and O–H groups in total. The van der Waals surface area contributed by atoms with Crippen LogP contribution in [0.1, 0.15) is 29.3 Å². The topological polar surface area (TPSA) is 105 Å². The Bertz CT molecular complexity index is 1280. The minimum Gasteiger partial charge on any atom is -0.385 e. The Morgan fingerprint density at radius 3 is 2.31 bits per heavy atom. The van der Waals surface area contributed by atoms with Crippen LogP contribution < -0.4 is 14.9 Å². The zero-order valence-electron chi connectivity index (χ0n) is 20.4. The third kappa shape index (κ3) is 6.71. The number of hydrogen-bond acceptors (Lipinski definition) is 5. The molecule has 0 aliphatic heterocycles. The molecule has 0 unspecified atom stereocenters. The number of aryl methyl sites for hydroxylation is 1. The number of sulfonamides is 1. The molecule has 2 amide bonds. The van der Waals surface area contributed by atoms with Crippen molar-refractivity contribution in [3.63, 3.8) is 0 Å². The van der Waals surface area contributed by atoms with Crippen LogP contribution in [-0.4, -0.2) is 47.0 Å². The zero-order valence-corrected chi connectivity index (χ0v) is 21.3. The number of amides is 2. The first-order chi connectivity index (χ1) is 17.4. The lowest BCUT2D eigenvalue weighted by molar-refractivity contribution is -0.114. The number of benzene rings is 3. The molecule has 0 saturated carbocycles. The fourth-order valence-corrected chi connectivity index (χ4v) is 5.18. The smallest absolute Gasteiger partial charge is 0.264 e. The lowest BCUT2D eigenvalue weighted by Crippen LogP contribution is -2.39. The minimum absolute atomic E-state index is 0.0829. The molecule has 0 radical (unpaired) electrons. The van der Waals surface area contributed by atoms with E-state index in [1.165, 1.54) is 12.1 Å². The van der Waals surface area contributed by atoms with Gasteiger partial charge in [0.2, 0.25) is 5.91 Å². The van der Waals surface area contributed by atoms with E-state index in [4.69, 9.17) is 4.74 Å². The van der Waals surface area contributed by atoms with E-state index >= 15 is 0 Å². The van der Waals surface area contributed by atoms with E-state index < -0.39 is 22.5 Å². The summed E-state index contributed by atoms with van der Waals surface area (Å²) in [6.45, 7) is 2.40. The Balaban J connectivity index is 1.88. The van der Waals surface area contributed by atoms with Crippen molar-refractivity contribution in [3.8, 4) is 0 Å². The Morgan fingerprint density at radius 1 is 0.917 bits per heavy atom. The minimum atomic E-state index is -4.04. The average Bonchev–Trinajstić information content (AvgIpc) is 2.90. The van der Waals surface area contributed by atoms with Gasteiger partial charge in [-0.3, -0.25) is 13.9 Å². The molecule has 0 fully saturated rings. The average molecular weight is 510 g/mol. The van der Waals surface area contributed by atoms with Crippen molar-refractivity contribution in [1.29, 1.82) is 0 Å². The number of ether oxygens (including phenoxy) is 1. The largest absolute Gasteiger partial charge is 0.385 e. The number of methoxy groups -OCH3 is 1. The molecular formula is C27H31N3O5S. The highest BCUT2D eigenvalue weighted by molar-refractivity contribution is 7.92. The van der Waals surface area contributed by atoms with Gasteiger partial charge < -0.3 is 15.4 Å². The van der Waals surface area contributed by atoms with Gasteiger partial charge in [0.25, 0.3) is 15.9 Å². The number of carbonyl (C=O) groups excluding carboxylic acids is 2. The van der Waals surface area contributed by atoms with Gasteiger partial charge in [0.05, 0.1) is 21.8 Å². The standard InChI is InChI=1S/C27H31N3O5S/c1-3-21-12-7-10-17-25(21)30(36(33,34)22-13-5-4-6-14-22)20-26(31)29-24-16-9-8-15-23(24)27(32)28-18-11-19-35-2/h4-10,12-17H,3,11,18-20H2,1-2H3,(H,28,32)(H,29,31). The fourth-order valence-electron chi connectivity index (χ4n) is 3.70. The van der Waals surface area contributed by atoms with Gasteiger partial charge in [0.15, 0.2) is 0 Å². The SMILES string of the molecule is CCc1ccccc1N(CC(=O)Nc1ccccc1C(=O)NCCCOC)S(=O)(=O)c1ccccc1. The van der Waals surface area contributed by atoms with E-state index in [-0.39, 0.29) is 16.4 Å². The van der Waals surface area contributed by atoms with Crippen LogP contribution in [0.2, 0.25) is 0 Å². The third-order valence-electron chi connectivity index (χ3n) is 5.52. The molecule has 190 valence electrons. The van der Waals surface area contributed by atoms with Gasteiger partial charge in [-0.2, -0.15) is 0 Å². The second-order valence-electron chi connectivity index (χ2n) is 8.00. The lowest BCUT2D eigenvalue weighted by atomic mass is 10.1. The van der Waals surface area contributed by atoms with E-state index in [2.05, 4.69) is 10.6 Å². The summed E-state index contributed by atoms with van der Waals surface area (Å²) < 4.78 is 33.3. The highest BCUT2D eigenvalue weighted by Gasteiger charge is 2.28. The van der Waals surface area contributed by atoms with Crippen molar-refractivity contribution in [3.05, 3.63) is 90.0 Å². The van der Waals surface area contributed by atoms with Gasteiger partial charge in [0, 0.05) is 20.3 Å². The normalized spacial score (nSPS) is 11.1. The molecule has 0 atom stereocenters. The highest BCUT2D eigenvalue weighted by Crippen LogP contribution is 2.27. The zero-order chi connectivity index (χ0) is 26.0. The van der Waals surface area contributed by atoms with Crippen LogP contribution in [0.4, 0.5) is 11.4 Å². The maximum atomic E-state index is 13.6. The number of nitrogens with one attached hydrogen (secondary N) is 2. The van der Waals surface area contributed by atoms with Crippen LogP contribution in [0.5, 0.6) is 0 Å². The van der Waals surface area contributed by atoms with Crippen LogP contribution in [-0.2, 0) is 26.0 Å². The van der Waals surface area contributed by atoms with Crippen LogP contribution in [0, 0.1) is 0 Å². The van der Waals surface area contributed by atoms with Crippen molar-refractivity contribution >= 4 is 33.2 Å². The summed E-state index contributed by atoms with van der Waals surface area (Å²) in [4.78, 5) is 25.9. The van der Waals surface area contributed by atoms with E-state index in [1.807, 2.05) is 19.1 Å². The maximum Gasteiger partial charge on any atom is 0.264 e. The van der Waals surface area contributed by atoms with E-state index in [9.17, 15) is 18.0 Å². The van der Waals surface area contributed by atoms with Crippen molar-refractivity contribution in [2.75, 3.05) is 36.4 Å². The first-order valence-electron chi connectivity index (χ1n) is 11.7. The molecule has 0 heterocycles. The lowest BCUT2D eigenvalue weighted by Gasteiger charge is -2.26. The van der Waals surface area contributed by atoms with Crippen molar-refractivity contribution < 1.29 is 22.7 Å². The maximum absolute atomic E-state index is 13.6. The Kier molecular flexibility index (Phi) is 9.61. The fraction of sp³-hybridized carbons (Fsp3) is 0.259. The van der Waals surface area contributed by atoms with Crippen LogP contribution >= 0.6 is 0 Å². The molecule has 0 saturated heterocycles. The first-order valence-corrected chi connectivity index (χ1v) is 13.1. The summed E-state index contributed by atoms with van der Waals surface area (Å²) in [6, 6.07) is 21.7. The Morgan fingerprint density at radius 2 is 1.58 bits per heavy atom. The molecule has 36 heavy (non-hydrogen) atoms. The predicted octanol–water partition coefficient (Wildman–Crippen LogP) is 3.85.